The Morgan fingerprint density at radius 1 is 1.25 bits per heavy atom. The fourth-order valence-electron chi connectivity index (χ4n) is 3.69. The Labute approximate surface area is 177 Å². The van der Waals surface area contributed by atoms with E-state index in [0.717, 1.165) is 13.0 Å². The molecule has 32 heavy (non-hydrogen) atoms. The van der Waals surface area contributed by atoms with Crippen molar-refractivity contribution in [3.8, 4) is 5.75 Å². The Morgan fingerprint density at radius 3 is 2.50 bits per heavy atom. The van der Waals surface area contributed by atoms with Crippen LogP contribution >= 0.6 is 0 Å². The highest BCUT2D eigenvalue weighted by molar-refractivity contribution is 5.95. The number of alkyl halides is 5. The molecule has 0 unspecified atom stereocenters. The van der Waals surface area contributed by atoms with Crippen LogP contribution in [0.5, 0.6) is 5.75 Å². The van der Waals surface area contributed by atoms with Crippen LogP contribution < -0.4 is 10.1 Å². The summed E-state index contributed by atoms with van der Waals surface area (Å²) in [5.74, 6) is -8.89. The number of benzene rings is 1. The fourth-order valence-corrected chi connectivity index (χ4v) is 3.69. The highest BCUT2D eigenvalue weighted by atomic mass is 19.4. The molecule has 3 rings (SSSR count). The van der Waals surface area contributed by atoms with Gasteiger partial charge < -0.3 is 14.8 Å². The number of hydrogen-bond donors (Lipinski definition) is 1. The zero-order valence-corrected chi connectivity index (χ0v) is 16.6. The highest BCUT2D eigenvalue weighted by Crippen LogP contribution is 2.55. The molecule has 0 saturated carbocycles. The average molecular weight is 466 g/mol. The SMILES string of the molecule is C[C@H]1[C@@H](c2ccc(F)c(F)c2OC(F)F)[C@H](C(=O)Nc2cccnc2)O[C@@]1(C)C(F)(F)F. The van der Waals surface area contributed by atoms with E-state index in [1.54, 1.807) is 0 Å². The Bertz CT molecular complexity index is 987. The average Bonchev–Trinajstić information content (AvgIpc) is 2.99. The van der Waals surface area contributed by atoms with Gasteiger partial charge in [0.25, 0.3) is 5.91 Å². The van der Waals surface area contributed by atoms with E-state index in [2.05, 4.69) is 15.0 Å². The van der Waals surface area contributed by atoms with Gasteiger partial charge >= 0.3 is 12.8 Å². The minimum absolute atomic E-state index is 0.127. The van der Waals surface area contributed by atoms with E-state index >= 15 is 0 Å². The summed E-state index contributed by atoms with van der Waals surface area (Å²) in [5.41, 5.74) is -3.33. The molecular formula is C20H17F7N2O3. The lowest BCUT2D eigenvalue weighted by Gasteiger charge is -2.32. The molecule has 1 fully saturated rings. The molecule has 5 nitrogen and oxygen atoms in total. The fraction of sp³-hybridized carbons (Fsp3) is 0.400. The summed E-state index contributed by atoms with van der Waals surface area (Å²) >= 11 is 0. The number of nitrogens with one attached hydrogen (secondary N) is 1. The summed E-state index contributed by atoms with van der Waals surface area (Å²) < 4.78 is 105. The first-order valence-corrected chi connectivity index (χ1v) is 9.25. The Kier molecular flexibility index (Phi) is 6.36. The predicted octanol–water partition coefficient (Wildman–Crippen LogP) is 5.04. The van der Waals surface area contributed by atoms with Gasteiger partial charge in [-0.2, -0.15) is 26.3 Å². The summed E-state index contributed by atoms with van der Waals surface area (Å²) in [7, 11) is 0. The molecule has 0 spiro atoms. The molecule has 1 aromatic carbocycles. The van der Waals surface area contributed by atoms with Gasteiger partial charge in [0.1, 0.15) is 6.10 Å². The zero-order valence-electron chi connectivity index (χ0n) is 16.6. The van der Waals surface area contributed by atoms with Gasteiger partial charge in [0.05, 0.1) is 11.9 Å². The molecule has 12 heteroatoms. The van der Waals surface area contributed by atoms with Gasteiger partial charge in [0.15, 0.2) is 17.2 Å². The summed E-state index contributed by atoms with van der Waals surface area (Å²) in [6, 6.07) is 4.21. The maximum absolute atomic E-state index is 14.3. The summed E-state index contributed by atoms with van der Waals surface area (Å²) in [4.78, 5) is 16.6. The van der Waals surface area contributed by atoms with Gasteiger partial charge in [-0.3, -0.25) is 9.78 Å². The number of hydrogen-bond acceptors (Lipinski definition) is 4. The molecule has 1 aliphatic rings. The highest BCUT2D eigenvalue weighted by Gasteiger charge is 2.66. The van der Waals surface area contributed by atoms with Crippen molar-refractivity contribution in [2.75, 3.05) is 5.32 Å². The van der Waals surface area contributed by atoms with Crippen LogP contribution in [0.2, 0.25) is 0 Å². The summed E-state index contributed by atoms with van der Waals surface area (Å²) in [6.45, 7) is -1.84. The molecule has 1 aliphatic heterocycles. The molecule has 2 heterocycles. The first-order chi connectivity index (χ1) is 14.9. The molecule has 0 bridgehead atoms. The number of carbonyl (C=O) groups is 1. The Morgan fingerprint density at radius 2 is 1.94 bits per heavy atom. The number of pyridine rings is 1. The molecule has 2 aromatic rings. The van der Waals surface area contributed by atoms with Gasteiger partial charge in [-0.15, -0.1) is 0 Å². The normalized spacial score (nSPS) is 25.8. The monoisotopic (exact) mass is 466 g/mol. The minimum Gasteiger partial charge on any atom is -0.431 e. The molecule has 174 valence electrons. The molecule has 0 aliphatic carbocycles. The van der Waals surface area contributed by atoms with Crippen molar-refractivity contribution < 1.29 is 45.0 Å². The Balaban J connectivity index is 2.11. The predicted molar refractivity (Wildman–Crippen MR) is 97.1 cm³/mol. The third-order valence-electron chi connectivity index (χ3n) is 5.50. The van der Waals surface area contributed by atoms with Crippen molar-refractivity contribution in [3.05, 3.63) is 53.9 Å². The second-order valence-corrected chi connectivity index (χ2v) is 7.35. The van der Waals surface area contributed by atoms with Gasteiger partial charge in [-0.25, -0.2) is 4.39 Å². The van der Waals surface area contributed by atoms with Crippen LogP contribution in [0.4, 0.5) is 36.4 Å². The second-order valence-electron chi connectivity index (χ2n) is 7.35. The molecule has 4 atom stereocenters. The number of anilines is 1. The molecule has 1 N–H and O–H groups in total. The van der Waals surface area contributed by atoms with E-state index in [9.17, 15) is 35.5 Å². The van der Waals surface area contributed by atoms with E-state index in [0.29, 0.717) is 13.0 Å². The maximum Gasteiger partial charge on any atom is 0.417 e. The lowest BCUT2D eigenvalue weighted by Crippen LogP contribution is -2.47. The van der Waals surface area contributed by atoms with Gasteiger partial charge in [0.2, 0.25) is 5.82 Å². The smallest absolute Gasteiger partial charge is 0.417 e. The van der Waals surface area contributed by atoms with Gasteiger partial charge in [0, 0.05) is 23.6 Å². The third kappa shape index (κ3) is 4.23. The molecule has 1 aromatic heterocycles. The number of rotatable bonds is 5. The number of amides is 1. The molecule has 1 amide bonds. The largest absolute Gasteiger partial charge is 0.431 e. The van der Waals surface area contributed by atoms with Crippen molar-refractivity contribution in [1.82, 2.24) is 4.98 Å². The molecular weight excluding hydrogens is 449 g/mol. The van der Waals surface area contributed by atoms with Crippen LogP contribution in [0, 0.1) is 17.6 Å². The van der Waals surface area contributed by atoms with E-state index in [1.807, 2.05) is 0 Å². The van der Waals surface area contributed by atoms with Crippen LogP contribution in [-0.2, 0) is 9.53 Å². The van der Waals surface area contributed by atoms with Crippen LogP contribution in [-0.4, -0.2) is 35.4 Å². The number of ether oxygens (including phenoxy) is 2. The van der Waals surface area contributed by atoms with Crippen molar-refractivity contribution in [2.24, 2.45) is 5.92 Å². The van der Waals surface area contributed by atoms with Crippen LogP contribution in [0.1, 0.15) is 25.3 Å². The maximum atomic E-state index is 14.3. The van der Waals surface area contributed by atoms with E-state index in [1.165, 1.54) is 24.5 Å². The lowest BCUT2D eigenvalue weighted by atomic mass is 9.77. The minimum atomic E-state index is -4.98. The van der Waals surface area contributed by atoms with E-state index < -0.39 is 65.2 Å². The van der Waals surface area contributed by atoms with Crippen molar-refractivity contribution in [2.45, 2.75) is 44.3 Å². The van der Waals surface area contributed by atoms with Crippen LogP contribution in [0.3, 0.4) is 0 Å². The van der Waals surface area contributed by atoms with Gasteiger partial charge in [-0.1, -0.05) is 13.0 Å². The zero-order chi connectivity index (χ0) is 23.8. The number of halogens is 7. The third-order valence-corrected chi connectivity index (χ3v) is 5.50. The van der Waals surface area contributed by atoms with E-state index in [-0.39, 0.29) is 5.69 Å². The van der Waals surface area contributed by atoms with Crippen molar-refractivity contribution in [3.63, 3.8) is 0 Å². The molecule has 1 saturated heterocycles. The van der Waals surface area contributed by atoms with Crippen LogP contribution in [0.25, 0.3) is 0 Å². The topological polar surface area (TPSA) is 60.5 Å². The van der Waals surface area contributed by atoms with Crippen molar-refractivity contribution >= 4 is 11.6 Å². The van der Waals surface area contributed by atoms with Crippen molar-refractivity contribution in [1.29, 1.82) is 0 Å². The first-order valence-electron chi connectivity index (χ1n) is 9.25. The first kappa shape index (κ1) is 23.8. The lowest BCUT2D eigenvalue weighted by molar-refractivity contribution is -0.272. The number of carbonyl (C=O) groups excluding carboxylic acids is 1. The number of aromatic nitrogens is 1. The van der Waals surface area contributed by atoms with Gasteiger partial charge in [-0.05, 0) is 25.1 Å². The van der Waals surface area contributed by atoms with E-state index in [4.69, 9.17) is 4.74 Å². The summed E-state index contributed by atoms with van der Waals surface area (Å²) in [6.07, 6.45) is -4.27. The second kappa shape index (κ2) is 8.57. The standard InChI is InChI=1S/C20H17F7N2O3/c1-9-13(11-5-6-12(21)14(22)15(11)31-18(23)24)16(32-19(9,2)20(25,26)27)17(30)29-10-4-3-7-28-8-10/h3-9,13,16,18H,1-2H3,(H,29,30)/t9-,13-,16+,19+/m0/s1. The summed E-state index contributed by atoms with van der Waals surface area (Å²) in [5, 5.41) is 2.33. The Hall–Kier alpha value is -2.89. The molecule has 0 radical (unpaired) electrons. The quantitative estimate of drug-likeness (QED) is 0.628. The number of nitrogens with zero attached hydrogens (tertiary/aromatic N) is 1. The van der Waals surface area contributed by atoms with Crippen LogP contribution in [0.15, 0.2) is 36.7 Å².